The maximum Gasteiger partial charge on any atom is 0.253 e. The monoisotopic (exact) mass is 269 g/mol. The molecule has 0 fully saturated rings. The van der Waals surface area contributed by atoms with Crippen LogP contribution < -0.4 is 10.9 Å². The van der Waals surface area contributed by atoms with E-state index in [2.05, 4.69) is 15.3 Å². The highest BCUT2D eigenvalue weighted by atomic mass is 19.1. The van der Waals surface area contributed by atoms with Crippen molar-refractivity contribution in [2.45, 2.75) is 6.54 Å². The molecule has 0 bridgehead atoms. The van der Waals surface area contributed by atoms with Crippen LogP contribution in [0.3, 0.4) is 0 Å². The number of nitrogens with zero attached hydrogens (tertiary/aromatic N) is 1. The molecule has 100 valence electrons. The van der Waals surface area contributed by atoms with E-state index in [0.29, 0.717) is 11.3 Å². The number of anilines is 1. The smallest absolute Gasteiger partial charge is 0.253 e. The summed E-state index contributed by atoms with van der Waals surface area (Å²) in [5, 5.41) is 3.84. The third kappa shape index (κ3) is 2.38. The van der Waals surface area contributed by atoms with Gasteiger partial charge in [0.25, 0.3) is 5.56 Å². The SMILES string of the molecule is O=c1[nH]c2ccccc2cc1CNc1ccncc1F. The molecule has 0 spiro atoms. The molecule has 0 atom stereocenters. The lowest BCUT2D eigenvalue weighted by molar-refractivity contribution is 0.624. The summed E-state index contributed by atoms with van der Waals surface area (Å²) >= 11 is 0. The first-order chi connectivity index (χ1) is 9.74. The predicted molar refractivity (Wildman–Crippen MR) is 76.1 cm³/mol. The Morgan fingerprint density at radius 1 is 1.25 bits per heavy atom. The maximum atomic E-state index is 13.4. The van der Waals surface area contributed by atoms with E-state index >= 15 is 0 Å². The lowest BCUT2D eigenvalue weighted by Crippen LogP contribution is -2.16. The molecule has 0 aliphatic heterocycles. The molecule has 0 unspecified atom stereocenters. The molecule has 0 saturated heterocycles. The second-order valence-corrected chi connectivity index (χ2v) is 4.42. The van der Waals surface area contributed by atoms with Gasteiger partial charge in [0.05, 0.1) is 11.9 Å². The van der Waals surface area contributed by atoms with E-state index in [4.69, 9.17) is 0 Å². The standard InChI is InChI=1S/C15H12FN3O/c16-12-9-17-6-5-14(12)18-8-11-7-10-3-1-2-4-13(10)19-15(11)20/h1-7,9H,8H2,(H,17,18)(H,19,20). The number of H-pyrrole nitrogens is 1. The summed E-state index contributed by atoms with van der Waals surface area (Å²) < 4.78 is 13.4. The second kappa shape index (κ2) is 5.13. The Morgan fingerprint density at radius 3 is 2.95 bits per heavy atom. The number of nitrogens with one attached hydrogen (secondary N) is 2. The first-order valence-electron chi connectivity index (χ1n) is 6.18. The minimum Gasteiger partial charge on any atom is -0.378 e. The second-order valence-electron chi connectivity index (χ2n) is 4.42. The molecule has 0 saturated carbocycles. The molecule has 5 heteroatoms. The Bertz CT molecular complexity index is 813. The number of aromatic nitrogens is 2. The molecule has 3 rings (SSSR count). The highest BCUT2D eigenvalue weighted by Gasteiger charge is 2.05. The number of pyridine rings is 2. The van der Waals surface area contributed by atoms with Gasteiger partial charge in [0, 0.05) is 23.8 Å². The van der Waals surface area contributed by atoms with Crippen molar-refractivity contribution in [3.8, 4) is 0 Å². The van der Waals surface area contributed by atoms with E-state index in [1.165, 1.54) is 12.3 Å². The van der Waals surface area contributed by atoms with Crippen LogP contribution in [0.25, 0.3) is 10.9 Å². The Kier molecular flexibility index (Phi) is 3.16. The van der Waals surface area contributed by atoms with Gasteiger partial charge in [0.1, 0.15) is 0 Å². The lowest BCUT2D eigenvalue weighted by Gasteiger charge is -2.07. The van der Waals surface area contributed by atoms with Crippen LogP contribution in [-0.2, 0) is 6.54 Å². The Morgan fingerprint density at radius 2 is 2.10 bits per heavy atom. The molecular weight excluding hydrogens is 257 g/mol. The summed E-state index contributed by atoms with van der Waals surface area (Å²) in [6.07, 6.45) is 2.63. The van der Waals surface area contributed by atoms with Crippen LogP contribution >= 0.6 is 0 Å². The number of para-hydroxylation sites is 1. The molecule has 20 heavy (non-hydrogen) atoms. The van der Waals surface area contributed by atoms with Crippen molar-refractivity contribution in [1.82, 2.24) is 9.97 Å². The Hall–Kier alpha value is -2.69. The topological polar surface area (TPSA) is 57.8 Å². The van der Waals surface area contributed by atoms with Crippen LogP contribution in [0.4, 0.5) is 10.1 Å². The number of benzene rings is 1. The average molecular weight is 269 g/mol. The molecule has 2 aromatic heterocycles. The minimum absolute atomic E-state index is 0.175. The van der Waals surface area contributed by atoms with Crippen molar-refractivity contribution in [2.24, 2.45) is 0 Å². The quantitative estimate of drug-likeness (QED) is 0.768. The Balaban J connectivity index is 1.89. The fraction of sp³-hybridized carbons (Fsp3) is 0.0667. The van der Waals surface area contributed by atoms with Gasteiger partial charge in [-0.3, -0.25) is 9.78 Å². The Labute approximate surface area is 114 Å². The number of halogens is 1. The van der Waals surface area contributed by atoms with E-state index < -0.39 is 5.82 Å². The number of hydrogen-bond donors (Lipinski definition) is 2. The first kappa shape index (κ1) is 12.3. The molecule has 0 aliphatic rings. The van der Waals surface area contributed by atoms with Crippen LogP contribution in [0.1, 0.15) is 5.56 Å². The predicted octanol–water partition coefficient (Wildman–Crippen LogP) is 2.67. The zero-order valence-corrected chi connectivity index (χ0v) is 10.6. The normalized spacial score (nSPS) is 10.7. The van der Waals surface area contributed by atoms with Gasteiger partial charge in [-0.15, -0.1) is 0 Å². The molecule has 3 aromatic rings. The van der Waals surface area contributed by atoms with Crippen molar-refractivity contribution in [2.75, 3.05) is 5.32 Å². The summed E-state index contributed by atoms with van der Waals surface area (Å²) in [6, 6.07) is 10.9. The third-order valence-electron chi connectivity index (χ3n) is 3.07. The van der Waals surface area contributed by atoms with E-state index in [0.717, 1.165) is 17.1 Å². The van der Waals surface area contributed by atoms with E-state index in [9.17, 15) is 9.18 Å². The molecule has 0 amide bonds. The summed E-state index contributed by atoms with van der Waals surface area (Å²) in [4.78, 5) is 18.4. The highest BCUT2D eigenvalue weighted by Crippen LogP contribution is 2.14. The van der Waals surface area contributed by atoms with Gasteiger partial charge in [0.15, 0.2) is 5.82 Å². The molecular formula is C15H12FN3O. The lowest BCUT2D eigenvalue weighted by atomic mass is 10.1. The van der Waals surface area contributed by atoms with Crippen LogP contribution in [0.2, 0.25) is 0 Å². The fourth-order valence-electron chi connectivity index (χ4n) is 2.03. The molecule has 4 nitrogen and oxygen atoms in total. The highest BCUT2D eigenvalue weighted by molar-refractivity contribution is 5.78. The molecule has 1 aromatic carbocycles. The summed E-state index contributed by atoms with van der Waals surface area (Å²) in [5.74, 6) is -0.440. The molecule has 0 aliphatic carbocycles. The largest absolute Gasteiger partial charge is 0.378 e. The van der Waals surface area contributed by atoms with Gasteiger partial charge in [-0.05, 0) is 23.6 Å². The van der Waals surface area contributed by atoms with E-state index in [-0.39, 0.29) is 12.1 Å². The van der Waals surface area contributed by atoms with Crippen molar-refractivity contribution in [3.05, 3.63) is 70.5 Å². The zero-order chi connectivity index (χ0) is 13.9. The van der Waals surface area contributed by atoms with Gasteiger partial charge in [-0.25, -0.2) is 4.39 Å². The number of fused-ring (bicyclic) bond motifs is 1. The summed E-state index contributed by atoms with van der Waals surface area (Å²) in [6.45, 7) is 0.251. The zero-order valence-electron chi connectivity index (χ0n) is 10.6. The van der Waals surface area contributed by atoms with Crippen LogP contribution in [-0.4, -0.2) is 9.97 Å². The van der Waals surface area contributed by atoms with Crippen molar-refractivity contribution in [1.29, 1.82) is 0 Å². The summed E-state index contributed by atoms with van der Waals surface area (Å²) in [7, 11) is 0. The van der Waals surface area contributed by atoms with Crippen molar-refractivity contribution >= 4 is 16.6 Å². The van der Waals surface area contributed by atoms with Gasteiger partial charge in [-0.2, -0.15) is 0 Å². The molecule has 2 heterocycles. The number of aromatic amines is 1. The van der Waals surface area contributed by atoms with E-state index in [1.54, 1.807) is 6.07 Å². The molecule has 0 radical (unpaired) electrons. The maximum absolute atomic E-state index is 13.4. The van der Waals surface area contributed by atoms with Crippen molar-refractivity contribution < 1.29 is 4.39 Å². The average Bonchev–Trinajstić information content (AvgIpc) is 2.46. The third-order valence-corrected chi connectivity index (χ3v) is 3.07. The van der Waals surface area contributed by atoms with E-state index in [1.807, 2.05) is 24.3 Å². The van der Waals surface area contributed by atoms with Gasteiger partial charge < -0.3 is 10.3 Å². The molecule has 2 N–H and O–H groups in total. The van der Waals surface area contributed by atoms with Crippen LogP contribution in [0.15, 0.2) is 53.6 Å². The minimum atomic E-state index is -0.440. The van der Waals surface area contributed by atoms with Gasteiger partial charge in [0.2, 0.25) is 0 Å². The van der Waals surface area contributed by atoms with Crippen LogP contribution in [0, 0.1) is 5.82 Å². The van der Waals surface area contributed by atoms with Crippen molar-refractivity contribution in [3.63, 3.8) is 0 Å². The fourth-order valence-corrected chi connectivity index (χ4v) is 2.03. The number of hydrogen-bond acceptors (Lipinski definition) is 3. The number of rotatable bonds is 3. The van der Waals surface area contributed by atoms with Crippen LogP contribution in [0.5, 0.6) is 0 Å². The van der Waals surface area contributed by atoms with Gasteiger partial charge in [-0.1, -0.05) is 18.2 Å². The summed E-state index contributed by atoms with van der Waals surface area (Å²) in [5.41, 5.74) is 1.49. The van der Waals surface area contributed by atoms with Gasteiger partial charge >= 0.3 is 0 Å². The first-order valence-corrected chi connectivity index (χ1v) is 6.18.